The second-order valence-electron chi connectivity index (χ2n) is 7.03. The van der Waals surface area contributed by atoms with Crippen LogP contribution in [0, 0.1) is 25.5 Å². The molecule has 0 saturated carbocycles. The highest BCUT2D eigenvalue weighted by atomic mass is 32.1. The number of H-pyrrole nitrogens is 1. The standard InChI is InChI=1S/C22H26N4O2S/c1-5-28-18-8-6-17(7-9-18)21-24-25-22(29)26(21)11-10-19(27)23-20-15(3)12-14(2)13-16(20)4/h6-9,12-13H,5,10-11H2,1-4H3,(H,23,27)(H,25,29). The number of anilines is 1. The van der Waals surface area contributed by atoms with E-state index in [1.54, 1.807) is 0 Å². The molecule has 7 heteroatoms. The van der Waals surface area contributed by atoms with Gasteiger partial charge in [-0.3, -0.25) is 14.5 Å². The zero-order chi connectivity index (χ0) is 21.0. The Morgan fingerprint density at radius 3 is 2.45 bits per heavy atom. The number of carbonyl (C=O) groups is 1. The number of nitrogens with zero attached hydrogens (tertiary/aromatic N) is 2. The van der Waals surface area contributed by atoms with Crippen LogP contribution >= 0.6 is 12.2 Å². The lowest BCUT2D eigenvalue weighted by molar-refractivity contribution is -0.116. The Balaban J connectivity index is 1.72. The molecule has 0 aliphatic rings. The van der Waals surface area contributed by atoms with Crippen LogP contribution in [0.15, 0.2) is 36.4 Å². The first kappa shape index (κ1) is 20.8. The molecule has 3 aromatic rings. The minimum absolute atomic E-state index is 0.0548. The summed E-state index contributed by atoms with van der Waals surface area (Å²) in [5.74, 6) is 1.45. The van der Waals surface area contributed by atoms with Crippen molar-refractivity contribution in [3.8, 4) is 17.1 Å². The quantitative estimate of drug-likeness (QED) is 0.540. The van der Waals surface area contributed by atoms with Gasteiger partial charge in [-0.15, -0.1) is 0 Å². The van der Waals surface area contributed by atoms with E-state index in [0.717, 1.165) is 28.1 Å². The number of aromatic amines is 1. The third-order valence-corrected chi connectivity index (χ3v) is 5.00. The molecule has 0 saturated heterocycles. The average molecular weight is 411 g/mol. The van der Waals surface area contributed by atoms with Crippen molar-refractivity contribution in [2.24, 2.45) is 0 Å². The largest absolute Gasteiger partial charge is 0.494 e. The smallest absolute Gasteiger partial charge is 0.226 e. The highest BCUT2D eigenvalue weighted by Crippen LogP contribution is 2.23. The van der Waals surface area contributed by atoms with Gasteiger partial charge in [0, 0.05) is 24.2 Å². The van der Waals surface area contributed by atoms with Crippen molar-refractivity contribution in [3.05, 3.63) is 57.9 Å². The summed E-state index contributed by atoms with van der Waals surface area (Å²) in [6.45, 7) is 9.07. The van der Waals surface area contributed by atoms with Crippen LogP contribution in [0.5, 0.6) is 5.75 Å². The lowest BCUT2D eigenvalue weighted by atomic mass is 10.1. The Morgan fingerprint density at radius 1 is 1.17 bits per heavy atom. The maximum absolute atomic E-state index is 12.6. The summed E-state index contributed by atoms with van der Waals surface area (Å²) in [5, 5.41) is 10.2. The summed E-state index contributed by atoms with van der Waals surface area (Å²) in [6.07, 6.45) is 0.296. The minimum atomic E-state index is -0.0548. The van der Waals surface area contributed by atoms with E-state index in [1.807, 2.05) is 49.6 Å². The summed E-state index contributed by atoms with van der Waals surface area (Å²) < 4.78 is 7.82. The van der Waals surface area contributed by atoms with E-state index in [9.17, 15) is 4.79 Å². The van der Waals surface area contributed by atoms with Gasteiger partial charge in [0.25, 0.3) is 0 Å². The molecule has 0 unspecified atom stereocenters. The molecule has 0 spiro atoms. The lowest BCUT2D eigenvalue weighted by Crippen LogP contribution is -2.16. The normalized spacial score (nSPS) is 10.8. The Labute approximate surface area is 175 Å². The van der Waals surface area contributed by atoms with Gasteiger partial charge in [0.2, 0.25) is 5.91 Å². The Kier molecular flexibility index (Phi) is 6.49. The molecule has 2 aromatic carbocycles. The average Bonchev–Trinajstić information content (AvgIpc) is 3.04. The van der Waals surface area contributed by atoms with Crippen LogP contribution in [-0.2, 0) is 11.3 Å². The van der Waals surface area contributed by atoms with E-state index in [-0.39, 0.29) is 5.91 Å². The number of aryl methyl sites for hydroxylation is 3. The zero-order valence-electron chi connectivity index (χ0n) is 17.2. The molecule has 0 radical (unpaired) electrons. The van der Waals surface area contributed by atoms with Crippen molar-refractivity contribution in [2.75, 3.05) is 11.9 Å². The van der Waals surface area contributed by atoms with Gasteiger partial charge in [-0.1, -0.05) is 17.7 Å². The van der Waals surface area contributed by atoms with Gasteiger partial charge in [-0.25, -0.2) is 0 Å². The van der Waals surface area contributed by atoms with Crippen LogP contribution in [0.1, 0.15) is 30.0 Å². The summed E-state index contributed by atoms with van der Waals surface area (Å²) >= 11 is 5.37. The molecule has 2 N–H and O–H groups in total. The van der Waals surface area contributed by atoms with E-state index in [4.69, 9.17) is 17.0 Å². The number of aromatic nitrogens is 3. The minimum Gasteiger partial charge on any atom is -0.494 e. The molecule has 3 rings (SSSR count). The third kappa shape index (κ3) is 4.92. The highest BCUT2D eigenvalue weighted by molar-refractivity contribution is 7.71. The second-order valence-corrected chi connectivity index (χ2v) is 7.42. The van der Waals surface area contributed by atoms with Gasteiger partial charge in [-0.2, -0.15) is 5.10 Å². The molecule has 0 bridgehead atoms. The monoisotopic (exact) mass is 410 g/mol. The Bertz CT molecular complexity index is 1040. The van der Waals surface area contributed by atoms with Crippen LogP contribution in [-0.4, -0.2) is 27.3 Å². The fourth-order valence-electron chi connectivity index (χ4n) is 3.40. The Hall–Kier alpha value is -2.93. The van der Waals surface area contributed by atoms with Gasteiger partial charge in [0.05, 0.1) is 6.61 Å². The van der Waals surface area contributed by atoms with Crippen LogP contribution in [0.3, 0.4) is 0 Å². The van der Waals surface area contributed by atoms with Gasteiger partial charge >= 0.3 is 0 Å². The van der Waals surface area contributed by atoms with Gasteiger partial charge in [0.15, 0.2) is 10.6 Å². The molecular weight excluding hydrogens is 384 g/mol. The van der Waals surface area contributed by atoms with Crippen molar-refractivity contribution in [3.63, 3.8) is 0 Å². The number of hydrogen-bond donors (Lipinski definition) is 2. The topological polar surface area (TPSA) is 71.9 Å². The first-order valence-electron chi connectivity index (χ1n) is 9.65. The molecule has 29 heavy (non-hydrogen) atoms. The predicted octanol–water partition coefficient (Wildman–Crippen LogP) is 4.96. The number of nitrogens with one attached hydrogen (secondary N) is 2. The van der Waals surface area contributed by atoms with Crippen LogP contribution < -0.4 is 10.1 Å². The molecule has 152 valence electrons. The molecule has 0 aliphatic carbocycles. The summed E-state index contributed by atoms with van der Waals surface area (Å²) in [7, 11) is 0. The number of amides is 1. The fraction of sp³-hybridized carbons (Fsp3) is 0.318. The van der Waals surface area contributed by atoms with Gasteiger partial charge in [-0.05, 0) is 75.3 Å². The summed E-state index contributed by atoms with van der Waals surface area (Å²) in [4.78, 5) is 12.6. The maximum atomic E-state index is 12.6. The first-order chi connectivity index (χ1) is 13.9. The highest BCUT2D eigenvalue weighted by Gasteiger charge is 2.13. The maximum Gasteiger partial charge on any atom is 0.226 e. The van der Waals surface area contributed by atoms with Crippen molar-refractivity contribution < 1.29 is 9.53 Å². The summed E-state index contributed by atoms with van der Waals surface area (Å²) in [5.41, 5.74) is 5.09. The van der Waals surface area contributed by atoms with Crippen LogP contribution in [0.2, 0.25) is 0 Å². The molecular formula is C22H26N4O2S. The van der Waals surface area contributed by atoms with Gasteiger partial charge < -0.3 is 10.1 Å². The summed E-state index contributed by atoms with van der Waals surface area (Å²) in [6, 6.07) is 11.8. The molecule has 1 heterocycles. The lowest BCUT2D eigenvalue weighted by Gasteiger charge is -2.13. The second kappa shape index (κ2) is 9.05. The van der Waals surface area contributed by atoms with E-state index < -0.39 is 0 Å². The number of benzene rings is 2. The van der Waals surface area contributed by atoms with E-state index in [1.165, 1.54) is 5.56 Å². The van der Waals surface area contributed by atoms with E-state index in [2.05, 4.69) is 34.6 Å². The molecule has 0 atom stereocenters. The van der Waals surface area contributed by atoms with E-state index in [0.29, 0.717) is 30.2 Å². The predicted molar refractivity (Wildman–Crippen MR) is 118 cm³/mol. The zero-order valence-corrected chi connectivity index (χ0v) is 18.0. The molecule has 1 aromatic heterocycles. The van der Waals surface area contributed by atoms with Crippen molar-refractivity contribution in [1.82, 2.24) is 14.8 Å². The van der Waals surface area contributed by atoms with Gasteiger partial charge in [0.1, 0.15) is 5.75 Å². The van der Waals surface area contributed by atoms with Crippen LogP contribution in [0.4, 0.5) is 5.69 Å². The van der Waals surface area contributed by atoms with Crippen LogP contribution in [0.25, 0.3) is 11.4 Å². The fourth-order valence-corrected chi connectivity index (χ4v) is 3.63. The molecule has 0 fully saturated rings. The SMILES string of the molecule is CCOc1ccc(-c2n[nH]c(=S)n2CCC(=O)Nc2c(C)cc(C)cc2C)cc1. The number of carbonyl (C=O) groups excluding carboxylic acids is 1. The number of rotatable bonds is 7. The molecule has 1 amide bonds. The Morgan fingerprint density at radius 2 is 1.83 bits per heavy atom. The molecule has 6 nitrogen and oxygen atoms in total. The van der Waals surface area contributed by atoms with E-state index >= 15 is 0 Å². The van der Waals surface area contributed by atoms with Crippen molar-refractivity contribution in [1.29, 1.82) is 0 Å². The molecule has 0 aliphatic heterocycles. The van der Waals surface area contributed by atoms with Crippen molar-refractivity contribution >= 4 is 23.8 Å². The third-order valence-electron chi connectivity index (χ3n) is 4.69. The number of ether oxygens (including phenoxy) is 1. The number of hydrogen-bond acceptors (Lipinski definition) is 4. The first-order valence-corrected chi connectivity index (χ1v) is 10.1. The van der Waals surface area contributed by atoms with Crippen molar-refractivity contribution in [2.45, 2.75) is 40.7 Å².